The van der Waals surface area contributed by atoms with Crippen molar-refractivity contribution < 1.29 is 81.3 Å². The molecule has 37 heteroatoms. The Morgan fingerprint density at radius 3 is 1.35 bits per heavy atom. The SMILES string of the molecule is CN=C(N)NCCC[C@@H](CC(=O)N(Cc1ccccc1)NC(=O)[C@@H]1CCCN1C(=O)OCC1c2ccccc2-c2ccccc21)C(=O)OC.CN=C(N)NCCC[C@@H](CC(=O)N(Cc1ccccc1)NC(=O)[C@@H]1CCCN1C(=O)[C@H](COC(C)(C)C)NC(=O)[C@@H](CC(=O)CNC(=O)[C@@H]1CCCN1C(=O)[C@@H]1CCCN1C(=O)[C@@H](N)CCCNC(N)=NC)Cc1ccccc1)C(=O)OC. The number of aliphatic imine (C=N–C) groups is 3. The lowest BCUT2D eigenvalue weighted by molar-refractivity contribution is -0.153. The first-order valence-corrected chi connectivity index (χ1v) is 45.3. The number of nitrogens with one attached hydrogen (secondary N) is 7. The largest absolute Gasteiger partial charge is 0.469 e. The van der Waals surface area contributed by atoms with Crippen LogP contribution in [0.2, 0.25) is 0 Å². The molecule has 4 aliphatic heterocycles. The molecule has 5 aromatic rings. The number of benzene rings is 5. The number of ketones is 1. The number of Topliss-reactive ketones (excluding diaryl/α,β-unsaturated/α-hetero) is 1. The number of amides is 10. The van der Waals surface area contributed by atoms with Gasteiger partial charge in [-0.15, -0.1) is 0 Å². The summed E-state index contributed by atoms with van der Waals surface area (Å²) in [5, 5.41) is 16.7. The van der Waals surface area contributed by atoms with Gasteiger partial charge in [-0.05, 0) is 156 Å². The van der Waals surface area contributed by atoms with Gasteiger partial charge >= 0.3 is 18.0 Å². The van der Waals surface area contributed by atoms with Gasteiger partial charge in [-0.2, -0.15) is 0 Å². The molecule has 4 heterocycles. The molecule has 5 aromatic carbocycles. The Labute approximate surface area is 771 Å². The number of hydrogen-bond donors (Lipinski definition) is 11. The smallest absolute Gasteiger partial charge is 0.410 e. The van der Waals surface area contributed by atoms with Crippen LogP contribution in [0.15, 0.2) is 155 Å². The van der Waals surface area contributed by atoms with Crippen LogP contribution in [0.25, 0.3) is 11.1 Å². The number of nitrogens with two attached hydrogens (primary N) is 4. The van der Waals surface area contributed by atoms with E-state index in [1.807, 2.05) is 78.9 Å². The molecule has 37 nitrogen and oxygen atoms in total. The van der Waals surface area contributed by atoms with Crippen LogP contribution in [0.4, 0.5) is 4.79 Å². The van der Waals surface area contributed by atoms with E-state index in [1.54, 1.807) is 71.3 Å². The molecule has 0 saturated carbocycles. The standard InChI is InChI=1S/C58H88N14O11.C37H44N6O6/c1-58(2,3)83-37-44(53(79)69-29-16-25-46(69)51(77)68-72(36-39-20-11-8-12-21-39)48(74)34-40(55(81)82-6)22-13-27-64-56(60)62-4)67-49(75)41(32-38-18-9-7-10-19-38)33-42(73)35-66-50(76)45-24-15-30-70(45)54(80)47-26-17-31-71(47)52(78)43(59)23-14-28-65-57(61)63-5;1-39-36(38)40-20-10-14-26(35(46)48-2)22-33(44)43(23-25-12-4-3-5-13-25)41-34(45)32-19-11-21-42(32)37(47)49-24-31-29-17-8-6-15-27(29)28-16-7-9-18-30(28)31/h7-12,18-21,40-41,43-47H,13-17,22-37,59H2,1-6H3,(H,66,76)(H,67,75)(H,68,77)(H3,60,62,64)(H3,61,63,65);3-9,12-13,15-18,26,31-32H,10-11,14,19-24H2,1-2H3,(H,41,45)(H3,38,39,40)/t40-,41+,43-,44-,45-,46-,47-;26-,32-/m00/s1. The molecule has 15 N–H and O–H groups in total. The van der Waals surface area contributed by atoms with E-state index in [0.717, 1.165) is 38.4 Å². The van der Waals surface area contributed by atoms with Crippen LogP contribution < -0.4 is 60.4 Å². The third-order valence-electron chi connectivity index (χ3n) is 24.0. The van der Waals surface area contributed by atoms with E-state index in [4.69, 9.17) is 41.9 Å². The van der Waals surface area contributed by atoms with Gasteiger partial charge in [0, 0.05) is 98.1 Å². The monoisotopic (exact) mass is 1830 g/mol. The molecule has 1 aliphatic carbocycles. The quantitative estimate of drug-likeness (QED) is 0.00648. The molecular weight excluding hydrogens is 1690 g/mol. The zero-order chi connectivity index (χ0) is 95.4. The van der Waals surface area contributed by atoms with Gasteiger partial charge in [0.05, 0.1) is 63.9 Å². The molecule has 0 bridgehead atoms. The van der Waals surface area contributed by atoms with Crippen molar-refractivity contribution in [2.75, 3.05) is 101 Å². The fourth-order valence-corrected chi connectivity index (χ4v) is 17.0. The number of carbonyl (C=O) groups is 13. The van der Waals surface area contributed by atoms with E-state index in [2.05, 4.69) is 76.7 Å². The number of ether oxygens (including phenoxy) is 4. The summed E-state index contributed by atoms with van der Waals surface area (Å²) in [6.45, 7) is 7.24. The minimum Gasteiger partial charge on any atom is -0.469 e. The molecule has 4 saturated heterocycles. The first-order chi connectivity index (χ1) is 63.4. The topological polar surface area (TPSA) is 504 Å². The van der Waals surface area contributed by atoms with Gasteiger partial charge in [0.2, 0.25) is 41.4 Å². The van der Waals surface area contributed by atoms with Crippen molar-refractivity contribution in [1.82, 2.24) is 67.1 Å². The summed E-state index contributed by atoms with van der Waals surface area (Å²) in [6, 6.07) is 37.7. The normalized spacial score (nSPS) is 17.7. The summed E-state index contributed by atoms with van der Waals surface area (Å²) in [4.78, 5) is 197. The molecular formula is C95H132N20O17. The lowest BCUT2D eigenvalue weighted by Gasteiger charge is -2.32. The number of hydrogen-bond acceptors (Lipinski definition) is 21. The highest BCUT2D eigenvalue weighted by atomic mass is 16.6. The highest BCUT2D eigenvalue weighted by Crippen LogP contribution is 2.45. The van der Waals surface area contributed by atoms with Crippen LogP contribution in [0.1, 0.15) is 164 Å². The van der Waals surface area contributed by atoms with Gasteiger partial charge in [-0.3, -0.25) is 88.3 Å². The Hall–Kier alpha value is -13.1. The maximum absolute atomic E-state index is 14.8. The molecule has 0 spiro atoms. The van der Waals surface area contributed by atoms with Crippen LogP contribution in [0.5, 0.6) is 0 Å². The third kappa shape index (κ3) is 30.3. The van der Waals surface area contributed by atoms with Crippen molar-refractivity contribution in [1.29, 1.82) is 0 Å². The first kappa shape index (κ1) is 103. The molecule has 5 aliphatic rings. The molecule has 0 aromatic heterocycles. The number of fused-ring (bicyclic) bond motifs is 3. The summed E-state index contributed by atoms with van der Waals surface area (Å²) in [5.74, 6) is -8.22. The Kier molecular flexibility index (Phi) is 40.1. The Morgan fingerprint density at radius 2 is 0.886 bits per heavy atom. The number of rotatable bonds is 40. The number of nitrogens with zero attached hydrogens (tertiary/aromatic N) is 9. The van der Waals surface area contributed by atoms with Crippen molar-refractivity contribution in [3.05, 3.63) is 167 Å². The van der Waals surface area contributed by atoms with Crippen molar-refractivity contribution in [3.63, 3.8) is 0 Å². The maximum Gasteiger partial charge on any atom is 0.410 e. The highest BCUT2D eigenvalue weighted by Gasteiger charge is 2.46. The third-order valence-corrected chi connectivity index (χ3v) is 24.0. The summed E-state index contributed by atoms with van der Waals surface area (Å²) in [7, 11) is 7.17. The minimum absolute atomic E-state index is 0.0571. The van der Waals surface area contributed by atoms with Crippen molar-refractivity contribution in [2.24, 2.45) is 55.7 Å². The predicted octanol–water partition coefficient (Wildman–Crippen LogP) is 4.34. The van der Waals surface area contributed by atoms with Gasteiger partial charge in [-0.1, -0.05) is 140 Å². The summed E-state index contributed by atoms with van der Waals surface area (Å²) in [5.41, 5.74) is 34.8. The van der Waals surface area contributed by atoms with E-state index < -0.39 is 131 Å². The number of likely N-dealkylation sites (tertiary alicyclic amines) is 4. The molecule has 10 amide bonds. The zero-order valence-electron chi connectivity index (χ0n) is 77.0. The molecule has 9 atom stereocenters. The second-order valence-corrected chi connectivity index (χ2v) is 34.4. The average Bonchev–Trinajstić information content (AvgIpc) is 1.60. The Bertz CT molecular complexity index is 4780. The van der Waals surface area contributed by atoms with Crippen LogP contribution in [0, 0.1) is 17.8 Å². The molecule has 10 rings (SSSR count). The fraction of sp³-hybridized carbons (Fsp3) is 0.516. The summed E-state index contributed by atoms with van der Waals surface area (Å²) in [6.07, 6.45) is 4.80. The van der Waals surface area contributed by atoms with E-state index in [-0.39, 0.29) is 107 Å². The van der Waals surface area contributed by atoms with E-state index in [1.165, 1.54) is 45.9 Å². The van der Waals surface area contributed by atoms with Crippen molar-refractivity contribution >= 4 is 94.9 Å². The number of carbonyl (C=O) groups excluding carboxylic acids is 13. The van der Waals surface area contributed by atoms with E-state index in [9.17, 15) is 62.3 Å². The second kappa shape index (κ2) is 51.5. The van der Waals surface area contributed by atoms with Gasteiger partial charge in [0.15, 0.2) is 23.7 Å². The molecule has 0 radical (unpaired) electrons. The summed E-state index contributed by atoms with van der Waals surface area (Å²) >= 11 is 0. The van der Waals surface area contributed by atoms with Gasteiger partial charge in [-0.25, -0.2) is 14.8 Å². The highest BCUT2D eigenvalue weighted by molar-refractivity contribution is 5.98. The summed E-state index contributed by atoms with van der Waals surface area (Å²) < 4.78 is 22.0. The lowest BCUT2D eigenvalue weighted by atomic mass is 9.93. The van der Waals surface area contributed by atoms with Gasteiger partial charge in [0.25, 0.3) is 11.8 Å². The average molecular weight is 1830 g/mol. The van der Waals surface area contributed by atoms with Gasteiger partial charge < -0.3 is 83.2 Å². The fourth-order valence-electron chi connectivity index (χ4n) is 17.0. The lowest BCUT2D eigenvalue weighted by Crippen LogP contribution is -2.58. The van der Waals surface area contributed by atoms with Gasteiger partial charge in [0.1, 0.15) is 36.8 Å². The van der Waals surface area contributed by atoms with E-state index >= 15 is 0 Å². The molecule has 0 unspecified atom stereocenters. The molecule has 4 fully saturated rings. The van der Waals surface area contributed by atoms with Crippen molar-refractivity contribution in [3.8, 4) is 11.1 Å². The number of guanidine groups is 3. The Morgan fingerprint density at radius 1 is 0.477 bits per heavy atom. The van der Waals surface area contributed by atoms with E-state index in [0.29, 0.717) is 122 Å². The van der Waals surface area contributed by atoms with Crippen molar-refractivity contribution in [2.45, 2.75) is 197 Å². The number of esters is 2. The zero-order valence-corrected chi connectivity index (χ0v) is 77.0. The first-order valence-electron chi connectivity index (χ1n) is 45.3. The molecule has 132 heavy (non-hydrogen) atoms. The predicted molar refractivity (Wildman–Crippen MR) is 496 cm³/mol. The van der Waals surface area contributed by atoms with Crippen LogP contribution in [-0.2, 0) is 96.0 Å². The maximum atomic E-state index is 14.8. The number of methoxy groups -OCH3 is 2. The Balaban J connectivity index is 0.000000338. The second-order valence-electron chi connectivity index (χ2n) is 34.4. The van der Waals surface area contributed by atoms with Crippen LogP contribution in [-0.4, -0.2) is 267 Å². The van der Waals surface area contributed by atoms with Crippen LogP contribution >= 0.6 is 0 Å². The molecule has 714 valence electrons. The minimum atomic E-state index is -1.32. The number of hydrazine groups is 2. The van der Waals surface area contributed by atoms with Crippen LogP contribution in [0.3, 0.4) is 0 Å².